The van der Waals surface area contributed by atoms with Gasteiger partial charge in [0.1, 0.15) is 5.82 Å². The topological polar surface area (TPSA) is 94.3 Å². The van der Waals surface area contributed by atoms with E-state index in [0.717, 1.165) is 17.2 Å². The third-order valence-corrected chi connectivity index (χ3v) is 5.18. The summed E-state index contributed by atoms with van der Waals surface area (Å²) >= 11 is 0. The van der Waals surface area contributed by atoms with Crippen molar-refractivity contribution in [1.82, 2.24) is 25.1 Å². The van der Waals surface area contributed by atoms with Gasteiger partial charge in [0.15, 0.2) is 5.82 Å². The Bertz CT molecular complexity index is 1060. The molecule has 0 bridgehead atoms. The van der Waals surface area contributed by atoms with Crippen LogP contribution in [0.5, 0.6) is 0 Å². The predicted octanol–water partition coefficient (Wildman–Crippen LogP) is 4.30. The minimum atomic E-state index is 0.585. The second-order valence-corrected chi connectivity index (χ2v) is 6.94. The monoisotopic (exact) mass is 359 g/mol. The molecule has 27 heavy (non-hydrogen) atoms. The lowest BCUT2D eigenvalue weighted by molar-refractivity contribution is 0.410. The van der Waals surface area contributed by atoms with Crippen LogP contribution in [-0.4, -0.2) is 25.1 Å². The number of anilines is 3. The first kappa shape index (κ1) is 15.9. The highest BCUT2D eigenvalue weighted by atomic mass is 15.2. The number of hydrogen-bond acceptors (Lipinski definition) is 5. The molecule has 7 heteroatoms. The van der Waals surface area contributed by atoms with Crippen molar-refractivity contribution in [3.63, 3.8) is 0 Å². The van der Waals surface area contributed by atoms with E-state index in [1.807, 2.05) is 18.3 Å². The van der Waals surface area contributed by atoms with Gasteiger partial charge in [-0.25, -0.2) is 4.98 Å². The van der Waals surface area contributed by atoms with E-state index >= 15 is 0 Å². The average Bonchev–Trinajstić information content (AvgIpc) is 3.28. The van der Waals surface area contributed by atoms with Gasteiger partial charge in [-0.1, -0.05) is 18.6 Å². The van der Waals surface area contributed by atoms with Crippen LogP contribution in [0.2, 0.25) is 0 Å². The zero-order valence-electron chi connectivity index (χ0n) is 14.9. The van der Waals surface area contributed by atoms with Gasteiger partial charge in [-0.2, -0.15) is 10.1 Å². The minimum absolute atomic E-state index is 0.585. The summed E-state index contributed by atoms with van der Waals surface area (Å²) in [6.07, 6.45) is 7.50. The molecule has 4 N–H and O–H groups in total. The maximum Gasteiger partial charge on any atom is 0.224 e. The molecule has 0 spiro atoms. The van der Waals surface area contributed by atoms with E-state index < -0.39 is 0 Å². The Morgan fingerprint density at radius 2 is 2.07 bits per heavy atom. The largest absolute Gasteiger partial charge is 0.361 e. The molecule has 3 heterocycles. The molecule has 7 nitrogen and oxygen atoms in total. The normalized spacial score (nSPS) is 14.2. The number of nitrogens with zero attached hydrogens (tertiary/aromatic N) is 3. The summed E-state index contributed by atoms with van der Waals surface area (Å²) in [5, 5.41) is 15.2. The minimum Gasteiger partial charge on any atom is -0.361 e. The Balaban J connectivity index is 1.27. The lowest BCUT2D eigenvalue weighted by Crippen LogP contribution is -2.08. The highest BCUT2D eigenvalue weighted by Crippen LogP contribution is 2.36. The van der Waals surface area contributed by atoms with Crippen molar-refractivity contribution in [3.8, 4) is 0 Å². The number of fused-ring (bicyclic) bond motifs is 1. The molecule has 3 aromatic heterocycles. The standard InChI is InChI=1S/C20H21N7/c1-3-13(4-1)17-11-19(27-26-17)24-18-8-10-22-20(25-18)23-12-14-5-2-6-16-15(14)7-9-21-16/h2,5-11,13,21H,1,3-4,12H2,(H3,22,23,24,25,26,27). The Morgan fingerprint density at radius 1 is 1.11 bits per heavy atom. The summed E-state index contributed by atoms with van der Waals surface area (Å²) in [7, 11) is 0. The first-order valence-corrected chi connectivity index (χ1v) is 9.29. The first-order chi connectivity index (χ1) is 13.3. The molecule has 4 aromatic rings. The van der Waals surface area contributed by atoms with Gasteiger partial charge < -0.3 is 15.6 Å². The third-order valence-electron chi connectivity index (χ3n) is 5.18. The summed E-state index contributed by atoms with van der Waals surface area (Å²) in [6, 6.07) is 12.2. The van der Waals surface area contributed by atoms with Crippen molar-refractivity contribution < 1.29 is 0 Å². The van der Waals surface area contributed by atoms with Crippen LogP contribution in [-0.2, 0) is 6.54 Å². The van der Waals surface area contributed by atoms with Crippen molar-refractivity contribution in [2.24, 2.45) is 0 Å². The van der Waals surface area contributed by atoms with E-state index in [1.54, 1.807) is 6.20 Å². The van der Waals surface area contributed by atoms with Crippen LogP contribution in [0.4, 0.5) is 17.6 Å². The summed E-state index contributed by atoms with van der Waals surface area (Å²) in [5.41, 5.74) is 3.54. The van der Waals surface area contributed by atoms with E-state index in [9.17, 15) is 0 Å². The Labute approximate surface area is 156 Å². The van der Waals surface area contributed by atoms with E-state index in [2.05, 4.69) is 60.0 Å². The number of nitrogens with one attached hydrogen (secondary N) is 4. The Morgan fingerprint density at radius 3 is 2.96 bits per heavy atom. The van der Waals surface area contributed by atoms with Crippen molar-refractivity contribution in [3.05, 3.63) is 60.0 Å². The molecular weight excluding hydrogens is 338 g/mol. The number of aromatic amines is 2. The van der Waals surface area contributed by atoms with Crippen molar-refractivity contribution in [2.75, 3.05) is 10.6 Å². The molecule has 0 saturated heterocycles. The molecule has 0 atom stereocenters. The van der Waals surface area contributed by atoms with Crippen LogP contribution in [0.3, 0.4) is 0 Å². The van der Waals surface area contributed by atoms with E-state index in [0.29, 0.717) is 18.4 Å². The molecule has 0 amide bonds. The molecule has 1 aliphatic rings. The number of benzene rings is 1. The van der Waals surface area contributed by atoms with E-state index in [4.69, 9.17) is 0 Å². The average molecular weight is 359 g/mol. The van der Waals surface area contributed by atoms with Gasteiger partial charge in [-0.05, 0) is 36.6 Å². The number of rotatable bonds is 6. The van der Waals surface area contributed by atoms with Crippen molar-refractivity contribution in [2.45, 2.75) is 31.7 Å². The molecule has 1 aliphatic carbocycles. The molecule has 136 valence electrons. The number of aromatic nitrogens is 5. The molecule has 1 fully saturated rings. The molecule has 0 radical (unpaired) electrons. The van der Waals surface area contributed by atoms with Gasteiger partial charge in [0.25, 0.3) is 0 Å². The highest BCUT2D eigenvalue weighted by Gasteiger charge is 2.21. The van der Waals surface area contributed by atoms with Crippen LogP contribution in [0.25, 0.3) is 10.9 Å². The fourth-order valence-corrected chi connectivity index (χ4v) is 3.45. The lowest BCUT2D eigenvalue weighted by Gasteiger charge is -2.23. The van der Waals surface area contributed by atoms with Crippen LogP contribution in [0.1, 0.15) is 36.4 Å². The third kappa shape index (κ3) is 3.23. The van der Waals surface area contributed by atoms with Crippen LogP contribution in [0, 0.1) is 0 Å². The van der Waals surface area contributed by atoms with Crippen molar-refractivity contribution in [1.29, 1.82) is 0 Å². The lowest BCUT2D eigenvalue weighted by atomic mass is 9.83. The highest BCUT2D eigenvalue weighted by molar-refractivity contribution is 5.83. The fourth-order valence-electron chi connectivity index (χ4n) is 3.45. The quantitative estimate of drug-likeness (QED) is 0.412. The van der Waals surface area contributed by atoms with Gasteiger partial charge in [0.2, 0.25) is 5.95 Å². The van der Waals surface area contributed by atoms with Gasteiger partial charge >= 0.3 is 0 Å². The summed E-state index contributed by atoms with van der Waals surface area (Å²) < 4.78 is 0. The summed E-state index contributed by atoms with van der Waals surface area (Å²) in [6.45, 7) is 0.660. The van der Waals surface area contributed by atoms with Gasteiger partial charge in [0.05, 0.1) is 0 Å². The van der Waals surface area contributed by atoms with E-state index in [1.165, 1.54) is 35.9 Å². The Hall–Kier alpha value is -3.35. The van der Waals surface area contributed by atoms with E-state index in [-0.39, 0.29) is 0 Å². The number of H-pyrrole nitrogens is 2. The SMILES string of the molecule is c1cc(CNc2nccc(Nc3cc(C4CCC4)[nH]n3)n2)c2cc[nH]c2c1. The molecule has 1 saturated carbocycles. The first-order valence-electron chi connectivity index (χ1n) is 9.29. The maximum absolute atomic E-state index is 4.54. The molecule has 1 aromatic carbocycles. The van der Waals surface area contributed by atoms with Gasteiger partial charge in [-0.15, -0.1) is 0 Å². The Kier molecular flexibility index (Phi) is 3.97. The smallest absolute Gasteiger partial charge is 0.224 e. The summed E-state index contributed by atoms with van der Waals surface area (Å²) in [5.74, 6) is 2.73. The molecule has 0 unspecified atom stereocenters. The van der Waals surface area contributed by atoms with Crippen LogP contribution >= 0.6 is 0 Å². The second kappa shape index (κ2) is 6.75. The molecular formula is C20H21N7. The van der Waals surface area contributed by atoms with Crippen molar-refractivity contribution >= 4 is 28.5 Å². The molecule has 5 rings (SSSR count). The summed E-state index contributed by atoms with van der Waals surface area (Å²) in [4.78, 5) is 12.1. The van der Waals surface area contributed by atoms with Gasteiger partial charge in [-0.3, -0.25) is 5.10 Å². The second-order valence-electron chi connectivity index (χ2n) is 6.94. The predicted molar refractivity (Wildman–Crippen MR) is 106 cm³/mol. The number of hydrogen-bond donors (Lipinski definition) is 4. The van der Waals surface area contributed by atoms with Gasteiger partial charge in [0, 0.05) is 47.5 Å². The zero-order chi connectivity index (χ0) is 18.1. The zero-order valence-corrected chi connectivity index (χ0v) is 14.9. The fraction of sp³-hybridized carbons (Fsp3) is 0.250. The molecule has 0 aliphatic heterocycles. The maximum atomic E-state index is 4.54. The van der Waals surface area contributed by atoms with Crippen LogP contribution < -0.4 is 10.6 Å². The van der Waals surface area contributed by atoms with Crippen LogP contribution in [0.15, 0.2) is 48.8 Å².